The first-order valence-electron chi connectivity index (χ1n) is 6.40. The second kappa shape index (κ2) is 4.93. The summed E-state index contributed by atoms with van der Waals surface area (Å²) >= 11 is 0. The van der Waals surface area contributed by atoms with E-state index >= 15 is 0 Å². The average molecular weight is 260 g/mol. The van der Waals surface area contributed by atoms with Crippen LogP contribution in [0, 0.1) is 5.92 Å². The number of carbonyl (C=O) groups is 1. The van der Waals surface area contributed by atoms with Crippen molar-refractivity contribution in [3.63, 3.8) is 0 Å². The van der Waals surface area contributed by atoms with Crippen LogP contribution in [0.15, 0.2) is 12.4 Å². The third-order valence-corrected chi connectivity index (χ3v) is 3.61. The molecule has 3 heterocycles. The van der Waals surface area contributed by atoms with E-state index < -0.39 is 0 Å². The molecule has 100 valence electrons. The van der Waals surface area contributed by atoms with Gasteiger partial charge in [-0.2, -0.15) is 5.10 Å². The minimum absolute atomic E-state index is 0.0246. The summed E-state index contributed by atoms with van der Waals surface area (Å²) in [6.07, 6.45) is 5.20. The molecule has 0 unspecified atom stereocenters. The molecule has 3 N–H and O–H groups in total. The van der Waals surface area contributed by atoms with Gasteiger partial charge in [0, 0.05) is 12.1 Å². The predicted octanol–water partition coefficient (Wildman–Crippen LogP) is 0.00180. The van der Waals surface area contributed by atoms with Crippen LogP contribution in [0.2, 0.25) is 0 Å². The van der Waals surface area contributed by atoms with Gasteiger partial charge in [-0.3, -0.25) is 9.69 Å². The maximum atomic E-state index is 11.1. The number of hydrogen-bond acceptors (Lipinski definition) is 5. The lowest BCUT2D eigenvalue weighted by Gasteiger charge is -2.29. The summed E-state index contributed by atoms with van der Waals surface area (Å²) in [5, 5.41) is 7.77. The van der Waals surface area contributed by atoms with Crippen LogP contribution in [-0.2, 0) is 11.3 Å². The second-order valence-corrected chi connectivity index (χ2v) is 4.92. The normalized spacial score (nSPS) is 17.9. The van der Waals surface area contributed by atoms with E-state index in [1.807, 2.05) is 6.20 Å². The second-order valence-electron chi connectivity index (χ2n) is 4.92. The fourth-order valence-corrected chi connectivity index (χ4v) is 2.44. The predicted molar refractivity (Wildman–Crippen MR) is 68.0 cm³/mol. The molecule has 7 heteroatoms. The molecule has 3 rings (SSSR count). The van der Waals surface area contributed by atoms with Crippen LogP contribution in [0.3, 0.4) is 0 Å². The summed E-state index contributed by atoms with van der Waals surface area (Å²) in [7, 11) is 0. The smallest absolute Gasteiger partial charge is 0.220 e. The van der Waals surface area contributed by atoms with E-state index in [1.54, 1.807) is 6.20 Å². The topological polar surface area (TPSA) is 101 Å². The van der Waals surface area contributed by atoms with Crippen molar-refractivity contribution in [1.82, 2.24) is 25.1 Å². The molecular formula is C12H16N6O. The van der Waals surface area contributed by atoms with Gasteiger partial charge in [0.25, 0.3) is 0 Å². The number of primary amides is 1. The Morgan fingerprint density at radius 1 is 1.47 bits per heavy atom. The summed E-state index contributed by atoms with van der Waals surface area (Å²) in [5.41, 5.74) is 6.24. The highest BCUT2D eigenvalue weighted by Gasteiger charge is 2.23. The van der Waals surface area contributed by atoms with Crippen LogP contribution in [-0.4, -0.2) is 44.1 Å². The molecule has 0 aromatic carbocycles. The lowest BCUT2D eigenvalue weighted by Crippen LogP contribution is -2.38. The Hall–Kier alpha value is -2.02. The number of amides is 1. The van der Waals surface area contributed by atoms with Gasteiger partial charge >= 0.3 is 0 Å². The average Bonchev–Trinajstić information content (AvgIpc) is 2.87. The molecule has 1 amide bonds. The third kappa shape index (κ3) is 2.55. The SMILES string of the molecule is NC(=O)C1CCN(Cc2nc3nncc-3c[nH]2)CC1. The standard InChI is InChI=1S/C12H16N6O/c13-11(19)8-1-3-18(4-2-8)7-10-14-5-9-6-15-17-12(9)16-10/h5-6,8H,1-4,7H2,(H2,13,19)(H,14,15,16,17). The van der Waals surface area contributed by atoms with E-state index in [0.717, 1.165) is 43.9 Å². The molecule has 0 atom stereocenters. The fourth-order valence-electron chi connectivity index (χ4n) is 2.44. The number of aromatic amines is 1. The molecule has 1 fully saturated rings. The van der Waals surface area contributed by atoms with Gasteiger partial charge in [-0.25, -0.2) is 4.98 Å². The van der Waals surface area contributed by atoms with Crippen molar-refractivity contribution < 1.29 is 4.79 Å². The number of likely N-dealkylation sites (tertiary alicyclic amines) is 1. The number of nitrogens with two attached hydrogens (primary N) is 1. The molecule has 1 saturated heterocycles. The Morgan fingerprint density at radius 2 is 2.26 bits per heavy atom. The van der Waals surface area contributed by atoms with Crippen LogP contribution in [0.1, 0.15) is 18.7 Å². The molecule has 0 aromatic heterocycles. The van der Waals surface area contributed by atoms with E-state index in [-0.39, 0.29) is 11.8 Å². The summed E-state index contributed by atoms with van der Waals surface area (Å²) < 4.78 is 0. The number of nitrogens with one attached hydrogen (secondary N) is 1. The molecule has 3 aliphatic heterocycles. The maximum absolute atomic E-state index is 11.1. The zero-order valence-corrected chi connectivity index (χ0v) is 10.5. The van der Waals surface area contributed by atoms with E-state index in [4.69, 9.17) is 5.73 Å². The largest absolute Gasteiger partial charge is 0.369 e. The number of rotatable bonds is 3. The highest BCUT2D eigenvalue weighted by Crippen LogP contribution is 2.19. The van der Waals surface area contributed by atoms with E-state index in [9.17, 15) is 4.79 Å². The van der Waals surface area contributed by atoms with Crippen molar-refractivity contribution in [2.75, 3.05) is 13.1 Å². The van der Waals surface area contributed by atoms with Crippen molar-refractivity contribution in [1.29, 1.82) is 0 Å². The van der Waals surface area contributed by atoms with Gasteiger partial charge in [0.1, 0.15) is 5.82 Å². The van der Waals surface area contributed by atoms with Gasteiger partial charge in [0.15, 0.2) is 5.82 Å². The zero-order chi connectivity index (χ0) is 13.2. The Labute approximate surface area is 110 Å². The van der Waals surface area contributed by atoms with Gasteiger partial charge in [0.2, 0.25) is 5.91 Å². The van der Waals surface area contributed by atoms with Crippen LogP contribution in [0.5, 0.6) is 0 Å². The Bertz CT molecular complexity index is 545. The highest BCUT2D eigenvalue weighted by atomic mass is 16.1. The third-order valence-electron chi connectivity index (χ3n) is 3.61. The van der Waals surface area contributed by atoms with Gasteiger partial charge in [0.05, 0.1) is 18.3 Å². The fraction of sp³-hybridized carbons (Fsp3) is 0.500. The number of carbonyl (C=O) groups excluding carboxylic acids is 1. The summed E-state index contributed by atoms with van der Waals surface area (Å²) in [5.74, 6) is 1.38. The highest BCUT2D eigenvalue weighted by molar-refractivity contribution is 5.76. The van der Waals surface area contributed by atoms with Crippen molar-refractivity contribution in [3.05, 3.63) is 18.2 Å². The van der Waals surface area contributed by atoms with Crippen LogP contribution in [0.4, 0.5) is 0 Å². The van der Waals surface area contributed by atoms with E-state index in [1.165, 1.54) is 0 Å². The zero-order valence-electron chi connectivity index (χ0n) is 10.5. The van der Waals surface area contributed by atoms with Crippen molar-refractivity contribution >= 4 is 5.91 Å². The lowest BCUT2D eigenvalue weighted by molar-refractivity contribution is -0.123. The lowest BCUT2D eigenvalue weighted by atomic mass is 9.96. The van der Waals surface area contributed by atoms with Crippen LogP contribution in [0.25, 0.3) is 11.4 Å². The Kier molecular flexibility index (Phi) is 3.12. The van der Waals surface area contributed by atoms with E-state index in [0.29, 0.717) is 5.82 Å². The molecular weight excluding hydrogens is 244 g/mol. The Balaban J connectivity index is 1.63. The molecule has 0 spiro atoms. The molecule has 0 aliphatic carbocycles. The minimum atomic E-state index is -0.183. The number of fused-ring (bicyclic) bond motifs is 1. The monoisotopic (exact) mass is 260 g/mol. The first-order valence-corrected chi connectivity index (χ1v) is 6.40. The number of aromatic nitrogens is 4. The van der Waals surface area contributed by atoms with Crippen LogP contribution >= 0.6 is 0 Å². The minimum Gasteiger partial charge on any atom is -0.369 e. The molecule has 0 radical (unpaired) electrons. The first-order chi connectivity index (χ1) is 9.22. The van der Waals surface area contributed by atoms with Crippen LogP contribution < -0.4 is 5.73 Å². The first kappa shape index (κ1) is 12.0. The molecule has 7 nitrogen and oxygen atoms in total. The van der Waals surface area contributed by atoms with Crippen molar-refractivity contribution in [2.24, 2.45) is 11.7 Å². The molecule has 0 saturated carbocycles. The number of nitrogens with zero attached hydrogens (tertiary/aromatic N) is 4. The van der Waals surface area contributed by atoms with E-state index in [2.05, 4.69) is 25.1 Å². The summed E-state index contributed by atoms with van der Waals surface area (Å²) in [6, 6.07) is 0. The summed E-state index contributed by atoms with van der Waals surface area (Å²) in [4.78, 5) is 20.9. The molecule has 0 aromatic rings. The van der Waals surface area contributed by atoms with Gasteiger partial charge < -0.3 is 10.7 Å². The van der Waals surface area contributed by atoms with Gasteiger partial charge in [-0.15, -0.1) is 5.10 Å². The number of piperidine rings is 1. The summed E-state index contributed by atoms with van der Waals surface area (Å²) in [6.45, 7) is 2.47. The number of hydrogen-bond donors (Lipinski definition) is 2. The number of H-pyrrole nitrogens is 1. The molecule has 19 heavy (non-hydrogen) atoms. The quantitative estimate of drug-likeness (QED) is 0.809. The molecule has 3 aliphatic rings. The van der Waals surface area contributed by atoms with Gasteiger partial charge in [-0.05, 0) is 25.9 Å². The van der Waals surface area contributed by atoms with Crippen molar-refractivity contribution in [3.8, 4) is 11.4 Å². The van der Waals surface area contributed by atoms with Gasteiger partial charge in [-0.1, -0.05) is 0 Å². The Morgan fingerprint density at radius 3 is 3.00 bits per heavy atom. The maximum Gasteiger partial charge on any atom is 0.220 e. The van der Waals surface area contributed by atoms with Crippen molar-refractivity contribution in [2.45, 2.75) is 19.4 Å². The molecule has 0 bridgehead atoms.